The van der Waals surface area contributed by atoms with E-state index in [4.69, 9.17) is 10.00 Å². The predicted octanol–water partition coefficient (Wildman–Crippen LogP) is 1.62. The topological polar surface area (TPSA) is 91.2 Å². The van der Waals surface area contributed by atoms with E-state index in [1.807, 2.05) is 0 Å². The summed E-state index contributed by atoms with van der Waals surface area (Å²) >= 11 is 0. The second-order valence-corrected chi connectivity index (χ2v) is 3.71. The molecule has 1 aromatic carbocycles. The fourth-order valence-corrected chi connectivity index (χ4v) is 1.75. The van der Waals surface area contributed by atoms with Crippen LogP contribution in [0.3, 0.4) is 0 Å². The van der Waals surface area contributed by atoms with Crippen molar-refractivity contribution >= 4 is 23.4 Å². The summed E-state index contributed by atoms with van der Waals surface area (Å²) in [6, 6.07) is 8.17. The van der Waals surface area contributed by atoms with Gasteiger partial charge in [0.15, 0.2) is 5.57 Å². The van der Waals surface area contributed by atoms with Crippen LogP contribution >= 0.6 is 0 Å². The number of anilines is 1. The number of nitrogens with zero attached hydrogens (tertiary/aromatic N) is 1. The Labute approximate surface area is 109 Å². The van der Waals surface area contributed by atoms with Crippen molar-refractivity contribution in [3.05, 3.63) is 35.4 Å². The molecule has 0 aliphatic carbocycles. The second-order valence-electron chi connectivity index (χ2n) is 3.71. The number of nitrogens with one attached hydrogen (secondary N) is 2. The van der Waals surface area contributed by atoms with Crippen LogP contribution in [0.15, 0.2) is 29.8 Å². The molecular formula is C13H11N3O3. The Morgan fingerprint density at radius 1 is 1.37 bits per heavy atom. The van der Waals surface area contributed by atoms with Crippen LogP contribution in [0, 0.1) is 11.3 Å². The van der Waals surface area contributed by atoms with E-state index in [9.17, 15) is 9.59 Å². The molecule has 0 bridgehead atoms. The highest BCUT2D eigenvalue weighted by Gasteiger charge is 2.25. The van der Waals surface area contributed by atoms with Gasteiger partial charge < -0.3 is 15.4 Å². The summed E-state index contributed by atoms with van der Waals surface area (Å²) in [6.07, 6.45) is 0. The molecule has 6 nitrogen and oxygen atoms in total. The van der Waals surface area contributed by atoms with E-state index in [0.717, 1.165) is 0 Å². The molecule has 1 aromatic rings. The van der Waals surface area contributed by atoms with Crippen LogP contribution in [0.25, 0.3) is 5.70 Å². The van der Waals surface area contributed by atoms with Crippen LogP contribution in [0.2, 0.25) is 0 Å². The summed E-state index contributed by atoms with van der Waals surface area (Å²) in [5.74, 6) is -0.753. The van der Waals surface area contributed by atoms with E-state index < -0.39 is 12.0 Å². The number of fused-ring (bicyclic) bond motifs is 1. The lowest BCUT2D eigenvalue weighted by atomic mass is 10.0. The van der Waals surface area contributed by atoms with Crippen molar-refractivity contribution in [1.29, 1.82) is 5.26 Å². The number of urea groups is 1. The maximum Gasteiger partial charge on any atom is 0.351 e. The average Bonchev–Trinajstić information content (AvgIpc) is 2.39. The Kier molecular flexibility index (Phi) is 3.48. The molecule has 19 heavy (non-hydrogen) atoms. The first-order valence-corrected chi connectivity index (χ1v) is 5.66. The molecule has 1 heterocycles. The number of hydrogen-bond donors (Lipinski definition) is 2. The van der Waals surface area contributed by atoms with Crippen molar-refractivity contribution in [2.75, 3.05) is 11.9 Å². The quantitative estimate of drug-likeness (QED) is 0.478. The largest absolute Gasteiger partial charge is 0.462 e. The van der Waals surface area contributed by atoms with Crippen LogP contribution in [0.1, 0.15) is 12.5 Å². The first kappa shape index (κ1) is 12.6. The highest BCUT2D eigenvalue weighted by molar-refractivity contribution is 6.10. The highest BCUT2D eigenvalue weighted by Crippen LogP contribution is 2.28. The van der Waals surface area contributed by atoms with Crippen LogP contribution in [-0.2, 0) is 9.53 Å². The van der Waals surface area contributed by atoms with Gasteiger partial charge in [-0.15, -0.1) is 0 Å². The molecular weight excluding hydrogens is 246 g/mol. The standard InChI is InChI=1S/C13H11N3O3/c1-2-19-12(17)9(7-14)11-8-5-3-4-6-10(8)15-13(18)16-11/h3-6H,2H2,1H3,(H2,15,16,18)/b11-9-. The Morgan fingerprint density at radius 3 is 2.79 bits per heavy atom. The smallest absolute Gasteiger partial charge is 0.351 e. The molecule has 0 radical (unpaired) electrons. The predicted molar refractivity (Wildman–Crippen MR) is 67.8 cm³/mol. The number of amides is 2. The van der Waals surface area contributed by atoms with Gasteiger partial charge in [-0.25, -0.2) is 9.59 Å². The summed E-state index contributed by atoms with van der Waals surface area (Å²) in [4.78, 5) is 23.2. The highest BCUT2D eigenvalue weighted by atomic mass is 16.5. The summed E-state index contributed by atoms with van der Waals surface area (Å²) in [7, 11) is 0. The Hall–Kier alpha value is -2.81. The minimum absolute atomic E-state index is 0.158. The van der Waals surface area contributed by atoms with Crippen LogP contribution in [0.5, 0.6) is 0 Å². The third-order valence-electron chi connectivity index (χ3n) is 2.52. The Bertz CT molecular complexity index is 614. The number of nitriles is 1. The lowest BCUT2D eigenvalue weighted by Gasteiger charge is -2.21. The van der Waals surface area contributed by atoms with Gasteiger partial charge in [-0.1, -0.05) is 18.2 Å². The first-order valence-electron chi connectivity index (χ1n) is 5.66. The molecule has 0 saturated heterocycles. The maximum absolute atomic E-state index is 11.7. The molecule has 0 aromatic heterocycles. The van der Waals surface area contributed by atoms with Crippen LogP contribution < -0.4 is 10.6 Å². The molecule has 0 spiro atoms. The SMILES string of the molecule is CCOC(=O)/C(C#N)=C1\NC(=O)Nc2ccccc21. The molecule has 0 unspecified atom stereocenters. The van der Waals surface area contributed by atoms with Crippen LogP contribution in [0.4, 0.5) is 10.5 Å². The minimum atomic E-state index is -0.753. The molecule has 0 saturated carbocycles. The fourth-order valence-electron chi connectivity index (χ4n) is 1.75. The van der Waals surface area contributed by atoms with Crippen molar-refractivity contribution in [2.24, 2.45) is 0 Å². The lowest BCUT2D eigenvalue weighted by Crippen LogP contribution is -2.34. The number of esters is 1. The zero-order chi connectivity index (χ0) is 13.8. The van der Waals surface area contributed by atoms with Gasteiger partial charge in [0.25, 0.3) is 0 Å². The zero-order valence-corrected chi connectivity index (χ0v) is 10.2. The molecule has 96 valence electrons. The fraction of sp³-hybridized carbons (Fsp3) is 0.154. The van der Waals surface area contributed by atoms with Gasteiger partial charge in [0, 0.05) is 5.56 Å². The summed E-state index contributed by atoms with van der Waals surface area (Å²) in [6.45, 7) is 1.80. The first-order chi connectivity index (χ1) is 9.17. The van der Waals surface area contributed by atoms with Gasteiger partial charge in [-0.3, -0.25) is 0 Å². The van der Waals surface area contributed by atoms with Gasteiger partial charge in [0.05, 0.1) is 18.0 Å². The van der Waals surface area contributed by atoms with Crippen LogP contribution in [-0.4, -0.2) is 18.6 Å². The Morgan fingerprint density at radius 2 is 2.11 bits per heavy atom. The monoisotopic (exact) mass is 257 g/mol. The molecule has 0 fully saturated rings. The second kappa shape index (κ2) is 5.23. The lowest BCUT2D eigenvalue weighted by molar-refractivity contribution is -0.137. The molecule has 2 rings (SSSR count). The molecule has 1 aliphatic heterocycles. The summed E-state index contributed by atoms with van der Waals surface area (Å²) in [5, 5.41) is 14.2. The number of benzene rings is 1. The molecule has 6 heteroatoms. The van der Waals surface area contributed by atoms with E-state index >= 15 is 0 Å². The van der Waals surface area contributed by atoms with Crippen molar-refractivity contribution in [3.8, 4) is 6.07 Å². The minimum Gasteiger partial charge on any atom is -0.462 e. The van der Waals surface area contributed by atoms with E-state index in [-0.39, 0.29) is 17.9 Å². The number of ether oxygens (including phenoxy) is 1. The van der Waals surface area contributed by atoms with Crippen molar-refractivity contribution < 1.29 is 14.3 Å². The number of carbonyl (C=O) groups excluding carboxylic acids is 2. The van der Waals surface area contributed by atoms with Crippen molar-refractivity contribution in [3.63, 3.8) is 0 Å². The number of rotatable bonds is 2. The van der Waals surface area contributed by atoms with E-state index in [1.165, 1.54) is 0 Å². The number of hydrogen-bond acceptors (Lipinski definition) is 4. The molecule has 2 amide bonds. The molecule has 1 aliphatic rings. The van der Waals surface area contributed by atoms with Crippen molar-refractivity contribution in [2.45, 2.75) is 6.92 Å². The van der Waals surface area contributed by atoms with E-state index in [1.54, 1.807) is 37.3 Å². The zero-order valence-electron chi connectivity index (χ0n) is 10.2. The van der Waals surface area contributed by atoms with Gasteiger partial charge in [0.1, 0.15) is 6.07 Å². The average molecular weight is 257 g/mol. The molecule has 2 N–H and O–H groups in total. The third kappa shape index (κ3) is 2.40. The number of carbonyl (C=O) groups is 2. The van der Waals surface area contributed by atoms with Gasteiger partial charge in [-0.05, 0) is 13.0 Å². The van der Waals surface area contributed by atoms with E-state index in [2.05, 4.69) is 10.6 Å². The van der Waals surface area contributed by atoms with Gasteiger partial charge >= 0.3 is 12.0 Å². The van der Waals surface area contributed by atoms with Gasteiger partial charge in [-0.2, -0.15) is 5.26 Å². The maximum atomic E-state index is 11.7. The van der Waals surface area contributed by atoms with E-state index in [0.29, 0.717) is 11.3 Å². The number of para-hydroxylation sites is 1. The summed E-state index contributed by atoms with van der Waals surface area (Å²) in [5.41, 5.74) is 1.06. The van der Waals surface area contributed by atoms with Gasteiger partial charge in [0.2, 0.25) is 0 Å². The summed E-state index contributed by atoms with van der Waals surface area (Å²) < 4.78 is 4.81. The Balaban J connectivity index is 2.57. The normalized spacial score (nSPS) is 15.5. The molecule has 0 atom stereocenters. The third-order valence-corrected chi connectivity index (χ3v) is 2.52. The van der Waals surface area contributed by atoms with Crippen molar-refractivity contribution in [1.82, 2.24) is 5.32 Å².